The number of carbonyl (C=O) groups excluding carboxylic acids is 2. The summed E-state index contributed by atoms with van der Waals surface area (Å²) in [6.45, 7) is 2.76. The van der Waals surface area contributed by atoms with Crippen molar-refractivity contribution < 1.29 is 14.3 Å². The molecule has 2 aromatic carbocycles. The highest BCUT2D eigenvalue weighted by Gasteiger charge is 2.29. The van der Waals surface area contributed by atoms with E-state index in [1.54, 1.807) is 6.07 Å². The van der Waals surface area contributed by atoms with E-state index in [0.717, 1.165) is 23.2 Å². The Bertz CT molecular complexity index is 846. The number of aryl methyl sites for hydroxylation is 1. The molecule has 0 radical (unpaired) electrons. The minimum absolute atomic E-state index is 0. The van der Waals surface area contributed by atoms with Gasteiger partial charge in [-0.15, -0.1) is 12.4 Å². The van der Waals surface area contributed by atoms with Gasteiger partial charge in [0.1, 0.15) is 6.10 Å². The molecule has 0 unspecified atom stereocenters. The Morgan fingerprint density at radius 1 is 1.07 bits per heavy atom. The van der Waals surface area contributed by atoms with Crippen LogP contribution < -0.4 is 21.7 Å². The Morgan fingerprint density at radius 3 is 2.41 bits per heavy atom. The van der Waals surface area contributed by atoms with Crippen LogP contribution in [0.15, 0.2) is 48.5 Å². The van der Waals surface area contributed by atoms with E-state index in [2.05, 4.69) is 16.0 Å². The lowest BCUT2D eigenvalue weighted by Crippen LogP contribution is -2.35. The third-order valence-corrected chi connectivity index (χ3v) is 4.59. The van der Waals surface area contributed by atoms with E-state index in [-0.39, 0.29) is 30.4 Å². The van der Waals surface area contributed by atoms with Crippen molar-refractivity contribution in [2.75, 3.05) is 17.2 Å². The minimum Gasteiger partial charge on any atom is -0.364 e. The molecule has 1 saturated heterocycles. The number of ether oxygens (including phenoxy) is 1. The molecular formula is C21H27ClN4O3. The normalized spacial score (nSPS) is 17.9. The lowest BCUT2D eigenvalue weighted by Gasteiger charge is -2.13. The summed E-state index contributed by atoms with van der Waals surface area (Å²) >= 11 is 0. The monoisotopic (exact) mass is 418 g/mol. The lowest BCUT2D eigenvalue weighted by atomic mass is 10.1. The number of anilines is 2. The number of amides is 3. The first kappa shape index (κ1) is 22.7. The van der Waals surface area contributed by atoms with E-state index in [1.165, 1.54) is 0 Å². The largest absolute Gasteiger partial charge is 0.364 e. The summed E-state index contributed by atoms with van der Waals surface area (Å²) < 4.78 is 5.60. The van der Waals surface area contributed by atoms with Crippen molar-refractivity contribution in [1.29, 1.82) is 0 Å². The molecule has 0 saturated carbocycles. The van der Waals surface area contributed by atoms with E-state index < -0.39 is 6.10 Å². The zero-order valence-corrected chi connectivity index (χ0v) is 17.1. The van der Waals surface area contributed by atoms with Crippen LogP contribution in [0.5, 0.6) is 0 Å². The molecule has 156 valence electrons. The van der Waals surface area contributed by atoms with Crippen molar-refractivity contribution in [1.82, 2.24) is 5.32 Å². The number of urea groups is 1. The Morgan fingerprint density at radius 2 is 1.76 bits per heavy atom. The summed E-state index contributed by atoms with van der Waals surface area (Å²) in [5.74, 6) is -0.133. The van der Waals surface area contributed by atoms with E-state index in [9.17, 15) is 9.59 Å². The summed E-state index contributed by atoms with van der Waals surface area (Å²) in [6.07, 6.45) is 1.03. The summed E-state index contributed by atoms with van der Waals surface area (Å²) in [4.78, 5) is 24.4. The smallest absolute Gasteiger partial charge is 0.323 e. The average molecular weight is 419 g/mol. The van der Waals surface area contributed by atoms with E-state index in [4.69, 9.17) is 10.5 Å². The molecule has 8 heteroatoms. The zero-order chi connectivity index (χ0) is 19.9. The van der Waals surface area contributed by atoms with Crippen LogP contribution in [0.4, 0.5) is 16.2 Å². The summed E-state index contributed by atoms with van der Waals surface area (Å²) in [5.41, 5.74) is 8.91. The number of carbonyl (C=O) groups is 2. The van der Waals surface area contributed by atoms with Gasteiger partial charge in [-0.25, -0.2) is 4.79 Å². The van der Waals surface area contributed by atoms with Crippen LogP contribution in [-0.4, -0.2) is 30.7 Å². The molecule has 0 aromatic heterocycles. The molecule has 2 atom stereocenters. The fourth-order valence-corrected chi connectivity index (χ4v) is 3.15. The second kappa shape index (κ2) is 10.8. The second-order valence-electron chi connectivity index (χ2n) is 6.93. The second-order valence-corrected chi connectivity index (χ2v) is 6.93. The van der Waals surface area contributed by atoms with Gasteiger partial charge in [-0.2, -0.15) is 0 Å². The molecule has 3 rings (SSSR count). The molecule has 1 aliphatic heterocycles. The molecule has 1 heterocycles. The molecule has 0 spiro atoms. The Labute approximate surface area is 176 Å². The molecular weight excluding hydrogens is 392 g/mol. The number of nitrogens with one attached hydrogen (secondary N) is 3. The highest BCUT2D eigenvalue weighted by molar-refractivity contribution is 5.99. The van der Waals surface area contributed by atoms with E-state index in [1.807, 2.05) is 49.4 Å². The van der Waals surface area contributed by atoms with Crippen molar-refractivity contribution in [3.8, 4) is 0 Å². The Kier molecular flexibility index (Phi) is 8.45. The van der Waals surface area contributed by atoms with Gasteiger partial charge in [0.15, 0.2) is 0 Å². The number of hydrogen-bond acceptors (Lipinski definition) is 4. The van der Waals surface area contributed by atoms with Gasteiger partial charge in [0.05, 0.1) is 6.10 Å². The highest BCUT2D eigenvalue weighted by atomic mass is 35.5. The van der Waals surface area contributed by atoms with Crippen molar-refractivity contribution in [3.63, 3.8) is 0 Å². The van der Waals surface area contributed by atoms with Crippen LogP contribution in [0.25, 0.3) is 0 Å². The van der Waals surface area contributed by atoms with Gasteiger partial charge < -0.3 is 26.4 Å². The minimum atomic E-state index is -0.435. The molecule has 3 amide bonds. The third-order valence-electron chi connectivity index (χ3n) is 4.59. The van der Waals surface area contributed by atoms with Crippen molar-refractivity contribution in [3.05, 3.63) is 59.7 Å². The first-order chi connectivity index (χ1) is 13.5. The quantitative estimate of drug-likeness (QED) is 0.578. The van der Waals surface area contributed by atoms with E-state index in [0.29, 0.717) is 25.2 Å². The molecule has 5 N–H and O–H groups in total. The van der Waals surface area contributed by atoms with Crippen LogP contribution in [-0.2, 0) is 16.1 Å². The van der Waals surface area contributed by atoms with Gasteiger partial charge in [-0.3, -0.25) is 4.79 Å². The number of halogens is 1. The predicted molar refractivity (Wildman–Crippen MR) is 116 cm³/mol. The fourth-order valence-electron chi connectivity index (χ4n) is 3.15. The molecule has 7 nitrogen and oxygen atoms in total. The zero-order valence-electron chi connectivity index (χ0n) is 16.3. The third kappa shape index (κ3) is 6.74. The topological polar surface area (TPSA) is 105 Å². The van der Waals surface area contributed by atoms with Crippen molar-refractivity contribution in [2.45, 2.75) is 38.5 Å². The summed E-state index contributed by atoms with van der Waals surface area (Å²) in [5, 5.41) is 8.49. The molecule has 2 aromatic rings. The Hall–Kier alpha value is -2.61. The average Bonchev–Trinajstić information content (AvgIpc) is 3.16. The Balaban J connectivity index is 0.00000300. The SMILES string of the molecule is Cc1cccc(NC(=O)Nc2cccc(CNC(=O)[C@@H]3CC[C@H](CN)O3)c2)c1.Cl. The van der Waals surface area contributed by atoms with Gasteiger partial charge in [-0.05, 0) is 55.2 Å². The first-order valence-corrected chi connectivity index (χ1v) is 9.40. The molecule has 0 bridgehead atoms. The van der Waals surface area contributed by atoms with Crippen molar-refractivity contribution in [2.24, 2.45) is 5.73 Å². The van der Waals surface area contributed by atoms with Gasteiger partial charge in [0.25, 0.3) is 0 Å². The predicted octanol–water partition coefficient (Wildman–Crippen LogP) is 3.18. The maximum atomic E-state index is 12.2. The number of hydrogen-bond donors (Lipinski definition) is 4. The van der Waals surface area contributed by atoms with Crippen LogP contribution in [0.1, 0.15) is 24.0 Å². The van der Waals surface area contributed by atoms with Gasteiger partial charge in [0, 0.05) is 24.5 Å². The molecule has 0 aliphatic carbocycles. The first-order valence-electron chi connectivity index (χ1n) is 9.40. The van der Waals surface area contributed by atoms with Crippen LogP contribution in [0, 0.1) is 6.92 Å². The van der Waals surface area contributed by atoms with E-state index >= 15 is 0 Å². The standard InChI is InChI=1S/C21H26N4O3.ClH/c1-14-4-2-6-16(10-14)24-21(27)25-17-7-3-5-15(11-17)13-23-20(26)19-9-8-18(12-22)28-19;/h2-7,10-11,18-19H,8-9,12-13,22H2,1H3,(H,23,26)(H2,24,25,27);1H/t18-,19+;/m1./s1. The molecule has 29 heavy (non-hydrogen) atoms. The van der Waals surface area contributed by atoms with Crippen LogP contribution in [0.2, 0.25) is 0 Å². The highest BCUT2D eigenvalue weighted by Crippen LogP contribution is 2.19. The maximum Gasteiger partial charge on any atom is 0.323 e. The van der Waals surface area contributed by atoms with Crippen LogP contribution >= 0.6 is 12.4 Å². The van der Waals surface area contributed by atoms with Crippen molar-refractivity contribution >= 4 is 35.7 Å². The summed E-state index contributed by atoms with van der Waals surface area (Å²) in [6, 6.07) is 14.6. The maximum absolute atomic E-state index is 12.2. The van der Waals surface area contributed by atoms with Gasteiger partial charge >= 0.3 is 6.03 Å². The number of benzene rings is 2. The summed E-state index contributed by atoms with van der Waals surface area (Å²) in [7, 11) is 0. The fraction of sp³-hybridized carbons (Fsp3) is 0.333. The van der Waals surface area contributed by atoms with Gasteiger partial charge in [-0.1, -0.05) is 24.3 Å². The van der Waals surface area contributed by atoms with Gasteiger partial charge in [0.2, 0.25) is 5.91 Å². The molecule has 1 aliphatic rings. The molecule has 1 fully saturated rings. The number of rotatable bonds is 6. The number of nitrogens with two attached hydrogens (primary N) is 1. The lowest BCUT2D eigenvalue weighted by molar-refractivity contribution is -0.132. The van der Waals surface area contributed by atoms with Crippen LogP contribution in [0.3, 0.4) is 0 Å².